The summed E-state index contributed by atoms with van der Waals surface area (Å²) in [5, 5.41) is 24.7. The van der Waals surface area contributed by atoms with Crippen molar-refractivity contribution < 1.29 is 33.4 Å². The molecule has 13 nitrogen and oxygen atoms in total. The molecule has 4 rings (SSSR count). The number of aryl methyl sites for hydroxylation is 1. The van der Waals surface area contributed by atoms with E-state index in [-0.39, 0.29) is 55.0 Å². The number of ether oxygens (including phenoxy) is 1. The number of carbonyl (C=O) groups excluding carboxylic acids is 4. The van der Waals surface area contributed by atoms with E-state index >= 15 is 0 Å². The molecule has 0 radical (unpaired) electrons. The fourth-order valence-electron chi connectivity index (χ4n) is 6.61. The monoisotopic (exact) mass is 685 g/mol. The van der Waals surface area contributed by atoms with Gasteiger partial charge in [-0.25, -0.2) is 4.39 Å². The number of nitrogens with one attached hydrogen (secondary N) is 2. The van der Waals surface area contributed by atoms with Crippen molar-refractivity contribution in [1.82, 2.24) is 35.4 Å². The van der Waals surface area contributed by atoms with E-state index in [1.54, 1.807) is 17.9 Å². The van der Waals surface area contributed by atoms with Gasteiger partial charge in [0.25, 0.3) is 5.91 Å². The molecule has 4 amide bonds. The van der Waals surface area contributed by atoms with Gasteiger partial charge in [0.1, 0.15) is 42.0 Å². The summed E-state index contributed by atoms with van der Waals surface area (Å²) in [7, 11) is 1.55. The minimum atomic E-state index is -1.06. The molecule has 2 aliphatic rings. The number of aliphatic hydroxyl groups excluding tert-OH is 1. The molecule has 1 aromatic heterocycles. The van der Waals surface area contributed by atoms with E-state index in [1.165, 1.54) is 15.9 Å². The largest absolute Gasteiger partial charge is 0.486 e. The number of fused-ring (bicyclic) bond motifs is 4. The Balaban J connectivity index is 1.62. The van der Waals surface area contributed by atoms with Gasteiger partial charge in [0.15, 0.2) is 0 Å². The zero-order valence-electron chi connectivity index (χ0n) is 29.4. The van der Waals surface area contributed by atoms with Gasteiger partial charge in [0, 0.05) is 39.2 Å². The number of likely N-dealkylation sites (N-methyl/N-ethyl adjacent to an activating group) is 1. The van der Waals surface area contributed by atoms with Gasteiger partial charge in [-0.2, -0.15) is 0 Å². The molecule has 0 saturated carbocycles. The summed E-state index contributed by atoms with van der Waals surface area (Å²) in [5.41, 5.74) is 0.538. The second kappa shape index (κ2) is 17.5. The number of nitrogens with zero attached hydrogens (tertiary/aromatic N) is 5. The van der Waals surface area contributed by atoms with E-state index in [9.17, 15) is 28.7 Å². The van der Waals surface area contributed by atoms with Crippen LogP contribution in [-0.4, -0.2) is 97.9 Å². The molecule has 0 spiro atoms. The number of aromatic nitrogens is 3. The van der Waals surface area contributed by atoms with E-state index < -0.39 is 47.8 Å². The number of rotatable bonds is 3. The molecule has 2 aromatic rings. The molecule has 3 heterocycles. The van der Waals surface area contributed by atoms with E-state index in [0.29, 0.717) is 18.8 Å². The molecular formula is C35H52FN7O6. The normalized spacial score (nSPS) is 24.3. The van der Waals surface area contributed by atoms with Crippen LogP contribution in [0.1, 0.15) is 95.1 Å². The Morgan fingerprint density at radius 2 is 1.73 bits per heavy atom. The van der Waals surface area contributed by atoms with E-state index in [1.807, 2.05) is 27.7 Å². The molecular weight excluding hydrogens is 633 g/mol. The molecule has 4 atom stereocenters. The van der Waals surface area contributed by atoms with Crippen molar-refractivity contribution in [1.29, 1.82) is 0 Å². The lowest BCUT2D eigenvalue weighted by Gasteiger charge is -2.35. The second-order valence-electron chi connectivity index (χ2n) is 14.0. The van der Waals surface area contributed by atoms with Crippen LogP contribution in [0.15, 0.2) is 24.4 Å². The number of aliphatic hydroxyl groups is 1. The standard InChI is InChI=1S/C35H52FN7O6/c1-22(2)16-28-34(47)43-20-26(44)18-29(43)35(48)41(5)31(23(3)4)33(46)37-14-10-8-6-7-9-11-15-42-19-25(39-40-42)21-49-30-17-24(36)12-13-27(30)32(45)38-28/h12-13,17,19,22-23,26,28-29,31,44H,6-11,14-16,18,20-21H2,1-5H3,(H,37,46)(H,38,45)/t26-,28+,29+,31-/m0/s1. The summed E-state index contributed by atoms with van der Waals surface area (Å²) >= 11 is 0. The Hall–Kier alpha value is -4.07. The van der Waals surface area contributed by atoms with Crippen LogP contribution in [0.4, 0.5) is 4.39 Å². The fraction of sp³-hybridized carbons (Fsp3) is 0.657. The molecule has 14 heteroatoms. The Morgan fingerprint density at radius 3 is 2.45 bits per heavy atom. The maximum absolute atomic E-state index is 14.3. The summed E-state index contributed by atoms with van der Waals surface area (Å²) in [6.07, 6.45) is 6.80. The van der Waals surface area contributed by atoms with Crippen LogP contribution >= 0.6 is 0 Å². The van der Waals surface area contributed by atoms with Crippen LogP contribution < -0.4 is 15.4 Å². The third-order valence-electron chi connectivity index (χ3n) is 9.09. The molecule has 270 valence electrons. The van der Waals surface area contributed by atoms with Crippen LogP contribution in [0.25, 0.3) is 0 Å². The number of hydrogen-bond acceptors (Lipinski definition) is 8. The van der Waals surface area contributed by atoms with Crippen molar-refractivity contribution in [3.05, 3.63) is 41.5 Å². The molecule has 2 bridgehead atoms. The zero-order valence-corrected chi connectivity index (χ0v) is 29.4. The molecule has 0 aliphatic carbocycles. The third kappa shape index (κ3) is 10.2. The van der Waals surface area contributed by atoms with Gasteiger partial charge < -0.3 is 30.3 Å². The molecule has 1 aromatic carbocycles. The van der Waals surface area contributed by atoms with Crippen LogP contribution in [-0.2, 0) is 27.5 Å². The highest BCUT2D eigenvalue weighted by molar-refractivity contribution is 6.00. The summed E-state index contributed by atoms with van der Waals surface area (Å²) in [4.78, 5) is 57.8. The van der Waals surface area contributed by atoms with Crippen LogP contribution in [0, 0.1) is 17.7 Å². The zero-order chi connectivity index (χ0) is 35.7. The molecule has 3 N–H and O–H groups in total. The van der Waals surface area contributed by atoms with Crippen LogP contribution in [0.2, 0.25) is 0 Å². The summed E-state index contributed by atoms with van der Waals surface area (Å²) in [5.74, 6) is -2.77. The maximum Gasteiger partial charge on any atom is 0.255 e. The first-order valence-corrected chi connectivity index (χ1v) is 17.5. The molecule has 49 heavy (non-hydrogen) atoms. The molecule has 0 unspecified atom stereocenters. The minimum absolute atomic E-state index is 0.00423. The molecule has 2 aliphatic heterocycles. The lowest BCUT2D eigenvalue weighted by Crippen LogP contribution is -2.57. The van der Waals surface area contributed by atoms with Gasteiger partial charge in [-0.15, -0.1) is 5.10 Å². The van der Waals surface area contributed by atoms with Crippen LogP contribution in [0.3, 0.4) is 0 Å². The van der Waals surface area contributed by atoms with Crippen molar-refractivity contribution in [3.63, 3.8) is 0 Å². The maximum atomic E-state index is 14.3. The predicted octanol–water partition coefficient (Wildman–Crippen LogP) is 3.06. The number of hydrogen-bond donors (Lipinski definition) is 3. The summed E-state index contributed by atoms with van der Waals surface area (Å²) in [6.45, 7) is 8.55. The minimum Gasteiger partial charge on any atom is -0.486 e. The molecule has 1 fully saturated rings. The van der Waals surface area contributed by atoms with Gasteiger partial charge in [0.2, 0.25) is 17.7 Å². The lowest BCUT2D eigenvalue weighted by molar-refractivity contribution is -0.148. The second-order valence-corrected chi connectivity index (χ2v) is 14.0. The van der Waals surface area contributed by atoms with Crippen molar-refractivity contribution in [2.24, 2.45) is 11.8 Å². The molecule has 1 saturated heterocycles. The Bertz CT molecular complexity index is 1450. The first kappa shape index (κ1) is 37.7. The predicted molar refractivity (Wildman–Crippen MR) is 180 cm³/mol. The average Bonchev–Trinajstić information content (AvgIpc) is 3.67. The Labute approximate surface area is 287 Å². The van der Waals surface area contributed by atoms with Gasteiger partial charge in [-0.05, 0) is 43.2 Å². The van der Waals surface area contributed by atoms with Gasteiger partial charge in [-0.3, -0.25) is 23.9 Å². The number of amides is 4. The highest BCUT2D eigenvalue weighted by Crippen LogP contribution is 2.26. The first-order valence-electron chi connectivity index (χ1n) is 17.5. The van der Waals surface area contributed by atoms with Crippen molar-refractivity contribution in [2.45, 2.75) is 116 Å². The number of halogens is 1. The van der Waals surface area contributed by atoms with Gasteiger partial charge >= 0.3 is 0 Å². The van der Waals surface area contributed by atoms with Gasteiger partial charge in [0.05, 0.1) is 17.9 Å². The Kier molecular flexibility index (Phi) is 13.5. The number of carbonyl (C=O) groups is 4. The average molecular weight is 686 g/mol. The van der Waals surface area contributed by atoms with E-state index in [0.717, 1.165) is 50.7 Å². The number of benzene rings is 1. The Morgan fingerprint density at radius 1 is 1.02 bits per heavy atom. The van der Waals surface area contributed by atoms with E-state index in [4.69, 9.17) is 4.74 Å². The highest BCUT2D eigenvalue weighted by Gasteiger charge is 2.44. The smallest absolute Gasteiger partial charge is 0.255 e. The summed E-state index contributed by atoms with van der Waals surface area (Å²) in [6, 6.07) is 0.681. The lowest BCUT2D eigenvalue weighted by atomic mass is 9.99. The van der Waals surface area contributed by atoms with E-state index in [2.05, 4.69) is 20.9 Å². The fourth-order valence-corrected chi connectivity index (χ4v) is 6.61. The quantitative estimate of drug-likeness (QED) is 0.445. The third-order valence-corrected chi connectivity index (χ3v) is 9.09. The van der Waals surface area contributed by atoms with Crippen molar-refractivity contribution in [3.8, 4) is 5.75 Å². The SMILES string of the molecule is CC(C)C[C@H]1NC(=O)c2ccc(F)cc2OCc2cn(nn2)CCCCCCCCNC(=O)[C@H](C(C)C)N(C)C(=O)[C@H]2C[C@H](O)CN2C1=O. The van der Waals surface area contributed by atoms with Gasteiger partial charge in [-0.1, -0.05) is 58.6 Å². The van der Waals surface area contributed by atoms with Crippen molar-refractivity contribution >= 4 is 23.6 Å². The van der Waals surface area contributed by atoms with Crippen LogP contribution in [0.5, 0.6) is 5.75 Å². The van der Waals surface area contributed by atoms with Crippen molar-refractivity contribution in [2.75, 3.05) is 20.1 Å². The first-order chi connectivity index (χ1) is 23.3. The summed E-state index contributed by atoms with van der Waals surface area (Å²) < 4.78 is 21.9. The highest BCUT2D eigenvalue weighted by atomic mass is 19.1. The topological polar surface area (TPSA) is 159 Å².